The number of halogens is 1. The van der Waals surface area contributed by atoms with Crippen LogP contribution in [0.2, 0.25) is 0 Å². The van der Waals surface area contributed by atoms with Crippen molar-refractivity contribution in [3.63, 3.8) is 0 Å². The molecule has 2 amide bonds. The number of hydrogen-bond acceptors (Lipinski definition) is 7. The Kier molecular flexibility index (Phi) is 9.00. The second-order valence-electron chi connectivity index (χ2n) is 11.4. The van der Waals surface area contributed by atoms with Crippen LogP contribution in [0.5, 0.6) is 5.88 Å². The van der Waals surface area contributed by atoms with Gasteiger partial charge < -0.3 is 19.7 Å². The number of carboxylic acid groups (broad SMARTS) is 1. The van der Waals surface area contributed by atoms with Crippen molar-refractivity contribution >= 4 is 34.8 Å². The number of carboxylic acids is 1. The zero-order chi connectivity index (χ0) is 29.8. The molecule has 5 rings (SSSR count). The van der Waals surface area contributed by atoms with Crippen molar-refractivity contribution in [3.05, 3.63) is 47.9 Å². The molecule has 0 atom stereocenters. The highest BCUT2D eigenvalue weighted by atomic mass is 19.1. The van der Waals surface area contributed by atoms with E-state index in [1.165, 1.54) is 24.3 Å². The minimum atomic E-state index is -0.841. The Bertz CT molecular complexity index is 1430. The third-order valence-electron chi connectivity index (χ3n) is 7.93. The zero-order valence-corrected chi connectivity index (χ0v) is 23.9. The van der Waals surface area contributed by atoms with Crippen LogP contribution in [0.3, 0.4) is 0 Å². The van der Waals surface area contributed by atoms with Crippen molar-refractivity contribution in [2.75, 3.05) is 25.0 Å². The van der Waals surface area contributed by atoms with Crippen molar-refractivity contribution < 1.29 is 28.6 Å². The number of nitrogens with one attached hydrogen (secondary N) is 2. The van der Waals surface area contributed by atoms with Crippen LogP contribution in [0.4, 0.5) is 10.3 Å². The molecule has 1 saturated heterocycles. The highest BCUT2D eigenvalue weighted by molar-refractivity contribution is 6.04. The maximum atomic E-state index is 13.4. The number of pyridine rings is 1. The first-order valence-corrected chi connectivity index (χ1v) is 14.5. The number of imidazole rings is 1. The molecule has 0 bridgehead atoms. The molecule has 3 N–H and O–H groups in total. The summed E-state index contributed by atoms with van der Waals surface area (Å²) in [4.78, 5) is 47.8. The molecule has 11 nitrogen and oxygen atoms in total. The standard InChI is InChI=1S/C30H37FN6O5/c1-18(2)33-28(40)20-5-9-22(10-6-20)37-25-15-26(42-23-11-13-36(14-12-23)17-27(38)39)32-16-24(25)34-30(37)35-29(41)19-3-7-21(31)8-4-19/h3-4,7-8,15-16,18,20,22-23H,5-6,9-14,17H2,1-2H3,(H,33,40)(H,38,39)(H,34,35,41). The van der Waals surface area contributed by atoms with Crippen LogP contribution in [0.25, 0.3) is 11.0 Å². The van der Waals surface area contributed by atoms with Crippen molar-refractivity contribution in [2.45, 2.75) is 70.6 Å². The molecule has 0 radical (unpaired) electrons. The van der Waals surface area contributed by atoms with E-state index in [9.17, 15) is 18.8 Å². The molecule has 3 aromatic rings. The van der Waals surface area contributed by atoms with E-state index in [4.69, 9.17) is 9.84 Å². The van der Waals surface area contributed by atoms with Crippen LogP contribution in [0.15, 0.2) is 36.5 Å². The summed E-state index contributed by atoms with van der Waals surface area (Å²) in [6.45, 7) is 5.17. The highest BCUT2D eigenvalue weighted by Gasteiger charge is 2.31. The molecule has 224 valence electrons. The van der Waals surface area contributed by atoms with Crippen molar-refractivity contribution in [1.82, 2.24) is 24.8 Å². The lowest BCUT2D eigenvalue weighted by Crippen LogP contribution is -2.40. The average Bonchev–Trinajstić information content (AvgIpc) is 3.30. The number of rotatable bonds is 9. The van der Waals surface area contributed by atoms with Crippen molar-refractivity contribution in [3.8, 4) is 5.88 Å². The topological polar surface area (TPSA) is 139 Å². The van der Waals surface area contributed by atoms with E-state index >= 15 is 0 Å². The lowest BCUT2D eigenvalue weighted by Gasteiger charge is -2.31. The quantitative estimate of drug-likeness (QED) is 0.345. The smallest absolute Gasteiger partial charge is 0.317 e. The second-order valence-corrected chi connectivity index (χ2v) is 11.4. The first kappa shape index (κ1) is 29.4. The van der Waals surface area contributed by atoms with Gasteiger partial charge in [0.15, 0.2) is 0 Å². The third kappa shape index (κ3) is 7.04. The third-order valence-corrected chi connectivity index (χ3v) is 7.93. The number of fused-ring (bicyclic) bond motifs is 1. The minimum absolute atomic E-state index is 0.0175. The number of piperidine rings is 1. The number of aliphatic carboxylic acids is 1. The summed E-state index contributed by atoms with van der Waals surface area (Å²) in [5.74, 6) is -0.887. The number of aromatic nitrogens is 3. The van der Waals surface area contributed by atoms with Gasteiger partial charge in [-0.1, -0.05) is 0 Å². The summed E-state index contributed by atoms with van der Waals surface area (Å²) >= 11 is 0. The molecule has 3 heterocycles. The van der Waals surface area contributed by atoms with E-state index < -0.39 is 17.7 Å². The normalized spacial score (nSPS) is 20.0. The van der Waals surface area contributed by atoms with E-state index in [0.717, 1.165) is 18.4 Å². The van der Waals surface area contributed by atoms with Crippen LogP contribution in [0.1, 0.15) is 68.8 Å². The Hall–Kier alpha value is -4.06. The van der Waals surface area contributed by atoms with E-state index in [-0.39, 0.29) is 36.6 Å². The minimum Gasteiger partial charge on any atom is -0.480 e. The molecule has 1 saturated carbocycles. The molecule has 1 aromatic carbocycles. The number of ether oxygens (including phenoxy) is 1. The average molecular weight is 581 g/mol. The van der Waals surface area contributed by atoms with Crippen LogP contribution >= 0.6 is 0 Å². The van der Waals surface area contributed by atoms with Crippen LogP contribution < -0.4 is 15.4 Å². The number of carbonyl (C=O) groups excluding carboxylic acids is 2. The van der Waals surface area contributed by atoms with Gasteiger partial charge in [-0.15, -0.1) is 0 Å². The largest absolute Gasteiger partial charge is 0.480 e. The molecular weight excluding hydrogens is 543 g/mol. The van der Waals surface area contributed by atoms with E-state index in [0.29, 0.717) is 61.7 Å². The van der Waals surface area contributed by atoms with E-state index in [1.807, 2.05) is 29.4 Å². The van der Waals surface area contributed by atoms with Gasteiger partial charge in [0.2, 0.25) is 17.7 Å². The van der Waals surface area contributed by atoms with Gasteiger partial charge in [-0.3, -0.25) is 24.6 Å². The number of carbonyl (C=O) groups is 3. The number of benzene rings is 1. The fourth-order valence-corrected chi connectivity index (χ4v) is 5.82. The van der Waals surface area contributed by atoms with Gasteiger partial charge in [-0.2, -0.15) is 0 Å². The lowest BCUT2D eigenvalue weighted by atomic mass is 9.85. The fourth-order valence-electron chi connectivity index (χ4n) is 5.82. The van der Waals surface area contributed by atoms with Crippen LogP contribution in [-0.4, -0.2) is 74.1 Å². The molecule has 1 aliphatic heterocycles. The number of amides is 2. The molecule has 42 heavy (non-hydrogen) atoms. The number of likely N-dealkylation sites (tertiary alicyclic amines) is 1. The number of anilines is 1. The molecule has 0 unspecified atom stereocenters. The van der Waals surface area contributed by atoms with Gasteiger partial charge in [0, 0.05) is 42.7 Å². The molecule has 2 aromatic heterocycles. The summed E-state index contributed by atoms with van der Waals surface area (Å²) in [6, 6.07) is 7.21. The summed E-state index contributed by atoms with van der Waals surface area (Å²) < 4.78 is 21.6. The predicted octanol–water partition coefficient (Wildman–Crippen LogP) is 4.01. The monoisotopic (exact) mass is 580 g/mol. The highest BCUT2D eigenvalue weighted by Crippen LogP contribution is 2.37. The van der Waals surface area contributed by atoms with E-state index in [2.05, 4.69) is 20.6 Å². The van der Waals surface area contributed by atoms with Gasteiger partial charge in [0.25, 0.3) is 5.91 Å². The summed E-state index contributed by atoms with van der Waals surface area (Å²) in [5.41, 5.74) is 1.65. The zero-order valence-electron chi connectivity index (χ0n) is 23.9. The number of hydrogen-bond donors (Lipinski definition) is 3. The summed E-state index contributed by atoms with van der Waals surface area (Å²) in [6.07, 6.45) is 5.76. The van der Waals surface area contributed by atoms with Gasteiger partial charge in [0.1, 0.15) is 17.4 Å². The Morgan fingerprint density at radius 3 is 2.40 bits per heavy atom. The lowest BCUT2D eigenvalue weighted by molar-refractivity contribution is -0.138. The molecule has 12 heteroatoms. The van der Waals surface area contributed by atoms with Crippen LogP contribution in [-0.2, 0) is 9.59 Å². The predicted molar refractivity (Wildman–Crippen MR) is 154 cm³/mol. The fraction of sp³-hybridized carbons (Fsp3) is 0.500. The van der Waals surface area contributed by atoms with Crippen molar-refractivity contribution in [2.24, 2.45) is 5.92 Å². The second kappa shape index (κ2) is 12.8. The maximum Gasteiger partial charge on any atom is 0.317 e. The first-order valence-electron chi connectivity index (χ1n) is 14.5. The van der Waals surface area contributed by atoms with Gasteiger partial charge in [-0.25, -0.2) is 14.4 Å². The Morgan fingerprint density at radius 2 is 1.76 bits per heavy atom. The van der Waals surface area contributed by atoms with Gasteiger partial charge in [0.05, 0.1) is 18.3 Å². The summed E-state index contributed by atoms with van der Waals surface area (Å²) in [7, 11) is 0. The molecule has 0 spiro atoms. The SMILES string of the molecule is CC(C)NC(=O)C1CCC(n2c(NC(=O)c3ccc(F)cc3)nc3cnc(OC4CCN(CC(=O)O)CC4)cc32)CC1. The van der Waals surface area contributed by atoms with Gasteiger partial charge >= 0.3 is 5.97 Å². The Morgan fingerprint density at radius 1 is 1.07 bits per heavy atom. The first-order chi connectivity index (χ1) is 20.2. The molecule has 1 aliphatic carbocycles. The molecule has 2 aliphatic rings. The van der Waals surface area contributed by atoms with Crippen LogP contribution in [0, 0.1) is 11.7 Å². The van der Waals surface area contributed by atoms with E-state index in [1.54, 1.807) is 6.20 Å². The molecule has 2 fully saturated rings. The van der Waals surface area contributed by atoms with Gasteiger partial charge in [-0.05, 0) is 76.6 Å². The Labute approximate surface area is 243 Å². The number of nitrogens with zero attached hydrogens (tertiary/aromatic N) is 4. The summed E-state index contributed by atoms with van der Waals surface area (Å²) in [5, 5.41) is 15.0. The van der Waals surface area contributed by atoms with Crippen molar-refractivity contribution in [1.29, 1.82) is 0 Å². The molecular formula is C30H37FN6O5. The maximum absolute atomic E-state index is 13.4. The Balaban J connectivity index is 1.38.